The van der Waals surface area contributed by atoms with Gasteiger partial charge in [0.1, 0.15) is 0 Å². The Bertz CT molecular complexity index is 436. The summed E-state index contributed by atoms with van der Waals surface area (Å²) in [5.41, 5.74) is -0.471. The fourth-order valence-corrected chi connectivity index (χ4v) is 1.92. The maximum absolute atomic E-state index is 12.4. The van der Waals surface area contributed by atoms with Crippen LogP contribution in [0.1, 0.15) is 22.3 Å². The Labute approximate surface area is 108 Å². The molecule has 1 fully saturated rings. The second kappa shape index (κ2) is 5.71. The molecule has 0 aromatic heterocycles. The fourth-order valence-electron chi connectivity index (χ4n) is 1.92. The van der Waals surface area contributed by atoms with Crippen molar-refractivity contribution in [3.63, 3.8) is 0 Å². The highest BCUT2D eigenvalue weighted by molar-refractivity contribution is 5.96. The van der Waals surface area contributed by atoms with E-state index < -0.39 is 11.7 Å². The van der Waals surface area contributed by atoms with Crippen LogP contribution in [0, 0.1) is 0 Å². The first kappa shape index (κ1) is 14.0. The summed E-state index contributed by atoms with van der Waals surface area (Å²) >= 11 is 0. The Morgan fingerprint density at radius 2 is 2.00 bits per heavy atom. The lowest BCUT2D eigenvalue weighted by Gasteiger charge is -2.22. The highest BCUT2D eigenvalue weighted by Crippen LogP contribution is 2.29. The fraction of sp³-hybridized carbons (Fsp3) is 0.462. The highest BCUT2D eigenvalue weighted by Gasteiger charge is 2.30. The molecule has 3 nitrogen and oxygen atoms in total. The number of benzene rings is 1. The van der Waals surface area contributed by atoms with Crippen molar-refractivity contribution >= 4 is 5.78 Å². The molecule has 1 heterocycles. The Hall–Kier alpha value is -1.40. The molecule has 0 saturated carbocycles. The normalized spacial score (nSPS) is 20.3. The van der Waals surface area contributed by atoms with Gasteiger partial charge >= 0.3 is 6.18 Å². The second-order valence-corrected chi connectivity index (χ2v) is 4.40. The molecule has 6 heteroatoms. The minimum atomic E-state index is -4.38. The van der Waals surface area contributed by atoms with Gasteiger partial charge in [-0.2, -0.15) is 13.2 Å². The molecule has 104 valence electrons. The van der Waals surface area contributed by atoms with Crippen molar-refractivity contribution in [1.82, 2.24) is 5.32 Å². The molecule has 1 unspecified atom stereocenters. The monoisotopic (exact) mass is 273 g/mol. The van der Waals surface area contributed by atoms with Crippen LogP contribution in [0.3, 0.4) is 0 Å². The third kappa shape index (κ3) is 3.78. The lowest BCUT2D eigenvalue weighted by Crippen LogP contribution is -2.39. The van der Waals surface area contributed by atoms with Gasteiger partial charge in [-0.15, -0.1) is 0 Å². The van der Waals surface area contributed by atoms with E-state index in [-0.39, 0.29) is 23.9 Å². The van der Waals surface area contributed by atoms with E-state index in [4.69, 9.17) is 4.74 Å². The first-order chi connectivity index (χ1) is 8.97. The Morgan fingerprint density at radius 3 is 2.53 bits per heavy atom. The van der Waals surface area contributed by atoms with Crippen LogP contribution in [0.15, 0.2) is 24.3 Å². The molecule has 1 aliphatic heterocycles. The van der Waals surface area contributed by atoms with E-state index in [9.17, 15) is 18.0 Å². The standard InChI is InChI=1S/C13H14F3NO2/c14-13(15,16)10-3-1-9(2-4-10)12(18)7-11-8-17-5-6-19-11/h1-4,11,17H,5-8H2. The third-order valence-corrected chi connectivity index (χ3v) is 2.95. The zero-order valence-electron chi connectivity index (χ0n) is 10.2. The Kier molecular flexibility index (Phi) is 4.21. The number of halogens is 3. The van der Waals surface area contributed by atoms with Crippen LogP contribution in [-0.4, -0.2) is 31.6 Å². The van der Waals surface area contributed by atoms with Gasteiger partial charge in [0.25, 0.3) is 0 Å². The number of ketones is 1. The number of carbonyl (C=O) groups excluding carboxylic acids is 1. The van der Waals surface area contributed by atoms with E-state index in [2.05, 4.69) is 5.32 Å². The summed E-state index contributed by atoms with van der Waals surface area (Å²) in [6.07, 6.45) is -4.40. The van der Waals surface area contributed by atoms with Gasteiger partial charge in [-0.1, -0.05) is 12.1 Å². The van der Waals surface area contributed by atoms with Crippen LogP contribution in [0.5, 0.6) is 0 Å². The van der Waals surface area contributed by atoms with Gasteiger partial charge < -0.3 is 10.1 Å². The van der Waals surface area contributed by atoms with E-state index in [0.717, 1.165) is 18.7 Å². The molecule has 1 atom stereocenters. The van der Waals surface area contributed by atoms with Gasteiger partial charge in [-0.25, -0.2) is 0 Å². The number of Topliss-reactive ketones (excluding diaryl/α,β-unsaturated/α-hetero) is 1. The average Bonchev–Trinajstić information content (AvgIpc) is 2.39. The van der Waals surface area contributed by atoms with Crippen LogP contribution in [0.4, 0.5) is 13.2 Å². The molecule has 2 rings (SSSR count). The molecule has 0 aliphatic carbocycles. The van der Waals surface area contributed by atoms with E-state index in [1.807, 2.05) is 0 Å². The van der Waals surface area contributed by atoms with Gasteiger partial charge in [-0.3, -0.25) is 4.79 Å². The number of carbonyl (C=O) groups is 1. The molecule has 1 aliphatic rings. The predicted octanol–water partition coefficient (Wildman–Crippen LogP) is 2.27. The largest absolute Gasteiger partial charge is 0.416 e. The van der Waals surface area contributed by atoms with Crippen molar-refractivity contribution in [3.05, 3.63) is 35.4 Å². The number of rotatable bonds is 3. The molecular formula is C13H14F3NO2. The molecule has 0 bridgehead atoms. The number of alkyl halides is 3. The van der Waals surface area contributed by atoms with Gasteiger partial charge in [0.15, 0.2) is 5.78 Å². The molecule has 0 radical (unpaired) electrons. The van der Waals surface area contributed by atoms with E-state index in [0.29, 0.717) is 13.2 Å². The van der Waals surface area contributed by atoms with Crippen LogP contribution >= 0.6 is 0 Å². The van der Waals surface area contributed by atoms with Gasteiger partial charge in [0, 0.05) is 25.1 Å². The van der Waals surface area contributed by atoms with E-state index in [1.54, 1.807) is 0 Å². The van der Waals surface area contributed by atoms with Gasteiger partial charge in [0.2, 0.25) is 0 Å². The van der Waals surface area contributed by atoms with Gasteiger partial charge in [0.05, 0.1) is 18.3 Å². The molecule has 1 aromatic rings. The minimum absolute atomic E-state index is 0.179. The van der Waals surface area contributed by atoms with Crippen LogP contribution < -0.4 is 5.32 Å². The SMILES string of the molecule is O=C(CC1CNCCO1)c1ccc(C(F)(F)F)cc1. The van der Waals surface area contributed by atoms with Crippen LogP contribution in [-0.2, 0) is 10.9 Å². The first-order valence-electron chi connectivity index (χ1n) is 5.99. The lowest BCUT2D eigenvalue weighted by atomic mass is 10.0. The zero-order valence-corrected chi connectivity index (χ0v) is 10.2. The number of hydrogen-bond donors (Lipinski definition) is 1. The lowest BCUT2D eigenvalue weighted by molar-refractivity contribution is -0.137. The van der Waals surface area contributed by atoms with E-state index >= 15 is 0 Å². The number of ether oxygens (including phenoxy) is 1. The van der Waals surface area contributed by atoms with Crippen molar-refractivity contribution < 1.29 is 22.7 Å². The molecule has 19 heavy (non-hydrogen) atoms. The summed E-state index contributed by atoms with van der Waals surface area (Å²) in [6.45, 7) is 1.89. The number of hydrogen-bond acceptors (Lipinski definition) is 3. The summed E-state index contributed by atoms with van der Waals surface area (Å²) < 4.78 is 42.5. The average molecular weight is 273 g/mol. The summed E-state index contributed by atoms with van der Waals surface area (Å²) in [4.78, 5) is 11.9. The summed E-state index contributed by atoms with van der Waals surface area (Å²) in [5, 5.41) is 3.09. The zero-order chi connectivity index (χ0) is 13.9. The maximum Gasteiger partial charge on any atom is 0.416 e. The van der Waals surface area contributed by atoms with Crippen molar-refractivity contribution in [1.29, 1.82) is 0 Å². The smallest absolute Gasteiger partial charge is 0.375 e. The van der Waals surface area contributed by atoms with Crippen molar-refractivity contribution in [2.45, 2.75) is 18.7 Å². The van der Waals surface area contributed by atoms with Crippen LogP contribution in [0.25, 0.3) is 0 Å². The molecule has 0 spiro atoms. The molecule has 0 amide bonds. The Balaban J connectivity index is 1.99. The van der Waals surface area contributed by atoms with Gasteiger partial charge in [-0.05, 0) is 12.1 Å². The highest BCUT2D eigenvalue weighted by atomic mass is 19.4. The summed E-state index contributed by atoms with van der Waals surface area (Å²) in [7, 11) is 0. The molecular weight excluding hydrogens is 259 g/mol. The summed E-state index contributed by atoms with van der Waals surface area (Å²) in [5.74, 6) is -0.206. The van der Waals surface area contributed by atoms with Crippen molar-refractivity contribution in [3.8, 4) is 0 Å². The molecule has 1 aromatic carbocycles. The first-order valence-corrected chi connectivity index (χ1v) is 5.99. The minimum Gasteiger partial charge on any atom is -0.375 e. The molecule has 1 N–H and O–H groups in total. The topological polar surface area (TPSA) is 38.3 Å². The quantitative estimate of drug-likeness (QED) is 0.859. The van der Waals surface area contributed by atoms with Crippen molar-refractivity contribution in [2.24, 2.45) is 0 Å². The maximum atomic E-state index is 12.4. The second-order valence-electron chi connectivity index (χ2n) is 4.40. The van der Waals surface area contributed by atoms with Crippen molar-refractivity contribution in [2.75, 3.05) is 19.7 Å². The Morgan fingerprint density at radius 1 is 1.32 bits per heavy atom. The third-order valence-electron chi connectivity index (χ3n) is 2.95. The number of morpholine rings is 1. The van der Waals surface area contributed by atoms with Crippen LogP contribution in [0.2, 0.25) is 0 Å². The number of nitrogens with one attached hydrogen (secondary N) is 1. The molecule has 1 saturated heterocycles. The summed E-state index contributed by atoms with van der Waals surface area (Å²) in [6, 6.07) is 4.27. The van der Waals surface area contributed by atoms with E-state index in [1.165, 1.54) is 12.1 Å². The predicted molar refractivity (Wildman–Crippen MR) is 63.0 cm³/mol.